The number of hydrogen-bond donors (Lipinski definition) is 0. The summed E-state index contributed by atoms with van der Waals surface area (Å²) in [6.45, 7) is 4.24. The van der Waals surface area contributed by atoms with Crippen molar-refractivity contribution >= 4 is 6.29 Å². The third-order valence-electron chi connectivity index (χ3n) is 5.11. The first kappa shape index (κ1) is 14.8. The molecule has 2 aliphatic rings. The highest BCUT2D eigenvalue weighted by Gasteiger charge is 2.55. The van der Waals surface area contributed by atoms with E-state index >= 15 is 0 Å². The number of hydrogen-bond acceptors (Lipinski definition) is 2. The molecule has 0 bridgehead atoms. The summed E-state index contributed by atoms with van der Waals surface area (Å²) in [6, 6.07) is 0. The van der Waals surface area contributed by atoms with Gasteiger partial charge in [0.15, 0.2) is 0 Å². The molecule has 0 aromatic rings. The van der Waals surface area contributed by atoms with Crippen LogP contribution in [0.4, 0.5) is 13.2 Å². The minimum Gasteiger partial charge on any atom is -0.303 e. The van der Waals surface area contributed by atoms with E-state index in [4.69, 9.17) is 0 Å². The van der Waals surface area contributed by atoms with Crippen LogP contribution in [0, 0.1) is 11.3 Å². The Morgan fingerprint density at radius 3 is 2.26 bits per heavy atom. The van der Waals surface area contributed by atoms with Gasteiger partial charge in [0.2, 0.25) is 0 Å². The number of nitrogens with zero attached hydrogens (tertiary/aromatic N) is 1. The molecule has 1 aliphatic carbocycles. The van der Waals surface area contributed by atoms with E-state index in [2.05, 4.69) is 0 Å². The summed E-state index contributed by atoms with van der Waals surface area (Å²) < 4.78 is 39.1. The lowest BCUT2D eigenvalue weighted by atomic mass is 9.84. The number of likely N-dealkylation sites (tertiary alicyclic amines) is 1. The Morgan fingerprint density at radius 1 is 1.26 bits per heavy atom. The first-order valence-corrected chi connectivity index (χ1v) is 6.99. The summed E-state index contributed by atoms with van der Waals surface area (Å²) >= 11 is 0. The van der Waals surface area contributed by atoms with Gasteiger partial charge < -0.3 is 4.79 Å². The molecule has 2 rings (SSSR count). The number of aldehydes is 1. The first-order valence-electron chi connectivity index (χ1n) is 6.99. The predicted molar refractivity (Wildman–Crippen MR) is 66.8 cm³/mol. The Balaban J connectivity index is 2.12. The van der Waals surface area contributed by atoms with Crippen molar-refractivity contribution in [3.05, 3.63) is 0 Å². The largest absolute Gasteiger partial charge is 0.393 e. The van der Waals surface area contributed by atoms with Gasteiger partial charge in [-0.25, -0.2) is 0 Å². The van der Waals surface area contributed by atoms with Gasteiger partial charge in [0.1, 0.15) is 6.29 Å². The van der Waals surface area contributed by atoms with Gasteiger partial charge in [-0.15, -0.1) is 0 Å². The van der Waals surface area contributed by atoms with Gasteiger partial charge in [-0.2, -0.15) is 13.2 Å². The van der Waals surface area contributed by atoms with Crippen LogP contribution in [0.25, 0.3) is 0 Å². The van der Waals surface area contributed by atoms with Crippen LogP contribution >= 0.6 is 0 Å². The van der Waals surface area contributed by atoms with Crippen LogP contribution in [0.5, 0.6) is 0 Å². The summed E-state index contributed by atoms with van der Waals surface area (Å²) in [5.41, 5.74) is -1.31. The molecule has 0 aromatic carbocycles. The van der Waals surface area contributed by atoms with Gasteiger partial charge in [0.25, 0.3) is 0 Å². The van der Waals surface area contributed by atoms with Crippen molar-refractivity contribution in [1.82, 2.24) is 4.90 Å². The van der Waals surface area contributed by atoms with Crippen molar-refractivity contribution in [1.29, 1.82) is 0 Å². The molecular formula is C14H22F3NO. The second kappa shape index (κ2) is 4.76. The van der Waals surface area contributed by atoms with Crippen LogP contribution in [0.15, 0.2) is 0 Å². The third-order valence-corrected chi connectivity index (χ3v) is 5.11. The fourth-order valence-corrected chi connectivity index (χ4v) is 3.77. The van der Waals surface area contributed by atoms with Gasteiger partial charge in [0.05, 0.1) is 5.92 Å². The van der Waals surface area contributed by atoms with Gasteiger partial charge >= 0.3 is 6.18 Å². The van der Waals surface area contributed by atoms with E-state index in [-0.39, 0.29) is 6.42 Å². The van der Waals surface area contributed by atoms with Crippen molar-refractivity contribution in [2.45, 2.75) is 57.7 Å². The number of alkyl halides is 3. The minimum atomic E-state index is -4.15. The zero-order chi connectivity index (χ0) is 14.3. The van der Waals surface area contributed by atoms with E-state index in [1.807, 2.05) is 4.90 Å². The van der Waals surface area contributed by atoms with E-state index in [9.17, 15) is 18.0 Å². The Hall–Kier alpha value is -0.580. The first-order chi connectivity index (χ1) is 8.71. The minimum absolute atomic E-state index is 0.144. The smallest absolute Gasteiger partial charge is 0.303 e. The fourth-order valence-electron chi connectivity index (χ4n) is 3.77. The molecule has 1 atom stereocenters. The average Bonchev–Trinajstić information content (AvgIpc) is 2.85. The molecule has 5 heteroatoms. The van der Waals surface area contributed by atoms with E-state index in [1.54, 1.807) is 13.8 Å². The highest BCUT2D eigenvalue weighted by Crippen LogP contribution is 2.47. The molecule has 1 saturated heterocycles. The molecule has 2 fully saturated rings. The molecule has 0 radical (unpaired) electrons. The standard InChI is InChI=1S/C14H22F3NO/c1-12(2)11(14(15,16)17)5-8-18(12)9-13(10-19)6-3-4-7-13/h10-11H,3-9H2,1-2H3. The maximum Gasteiger partial charge on any atom is 0.393 e. The average molecular weight is 277 g/mol. The van der Waals surface area contributed by atoms with E-state index in [1.165, 1.54) is 0 Å². The zero-order valence-electron chi connectivity index (χ0n) is 11.6. The van der Waals surface area contributed by atoms with Crippen molar-refractivity contribution < 1.29 is 18.0 Å². The number of rotatable bonds is 3. The highest BCUT2D eigenvalue weighted by molar-refractivity contribution is 5.60. The molecule has 0 spiro atoms. The molecule has 0 amide bonds. The quantitative estimate of drug-likeness (QED) is 0.737. The van der Waals surface area contributed by atoms with Crippen LogP contribution in [-0.4, -0.2) is 36.0 Å². The lowest BCUT2D eigenvalue weighted by molar-refractivity contribution is -0.192. The van der Waals surface area contributed by atoms with Gasteiger partial charge in [-0.3, -0.25) is 4.90 Å². The topological polar surface area (TPSA) is 20.3 Å². The Kier molecular flexibility index (Phi) is 3.71. The summed E-state index contributed by atoms with van der Waals surface area (Å²) in [4.78, 5) is 13.2. The van der Waals surface area contributed by atoms with Gasteiger partial charge in [-0.05, 0) is 39.7 Å². The van der Waals surface area contributed by atoms with Crippen molar-refractivity contribution in [2.75, 3.05) is 13.1 Å². The fraction of sp³-hybridized carbons (Fsp3) is 0.929. The molecule has 0 aromatic heterocycles. The van der Waals surface area contributed by atoms with Crippen molar-refractivity contribution in [2.24, 2.45) is 11.3 Å². The molecule has 0 N–H and O–H groups in total. The molecule has 1 heterocycles. The summed E-state index contributed by atoms with van der Waals surface area (Å²) in [5, 5.41) is 0. The van der Waals surface area contributed by atoms with Crippen LogP contribution in [0.3, 0.4) is 0 Å². The third kappa shape index (κ3) is 2.67. The van der Waals surface area contributed by atoms with Crippen LogP contribution in [0.2, 0.25) is 0 Å². The van der Waals surface area contributed by atoms with Gasteiger partial charge in [-0.1, -0.05) is 12.8 Å². The molecule has 1 unspecified atom stereocenters. The summed E-state index contributed by atoms with van der Waals surface area (Å²) in [7, 11) is 0. The van der Waals surface area contributed by atoms with Crippen LogP contribution in [0.1, 0.15) is 46.0 Å². The van der Waals surface area contributed by atoms with E-state index < -0.39 is 23.0 Å². The summed E-state index contributed by atoms with van der Waals surface area (Å²) in [5.74, 6) is -1.29. The molecule has 110 valence electrons. The monoisotopic (exact) mass is 277 g/mol. The second-order valence-corrected chi connectivity index (χ2v) is 6.65. The molecule has 19 heavy (non-hydrogen) atoms. The Bertz CT molecular complexity index is 345. The van der Waals surface area contributed by atoms with Gasteiger partial charge in [0, 0.05) is 17.5 Å². The second-order valence-electron chi connectivity index (χ2n) is 6.65. The van der Waals surface area contributed by atoms with Crippen LogP contribution < -0.4 is 0 Å². The number of carbonyl (C=O) groups excluding carboxylic acids is 1. The highest BCUT2D eigenvalue weighted by atomic mass is 19.4. The summed E-state index contributed by atoms with van der Waals surface area (Å²) in [6.07, 6.45) is 0.635. The number of carbonyl (C=O) groups is 1. The normalized spacial score (nSPS) is 30.7. The van der Waals surface area contributed by atoms with Crippen LogP contribution in [-0.2, 0) is 4.79 Å². The van der Waals surface area contributed by atoms with E-state index in [0.717, 1.165) is 32.0 Å². The SMILES string of the molecule is CC1(C)C(C(F)(F)F)CCN1CC1(C=O)CCCC1. The predicted octanol–water partition coefficient (Wildman–Crippen LogP) is 3.41. The van der Waals surface area contributed by atoms with Crippen molar-refractivity contribution in [3.8, 4) is 0 Å². The lowest BCUT2D eigenvalue weighted by Crippen LogP contribution is -2.50. The molecule has 1 saturated carbocycles. The lowest BCUT2D eigenvalue weighted by Gasteiger charge is -2.40. The Morgan fingerprint density at radius 2 is 1.84 bits per heavy atom. The molecular weight excluding hydrogens is 255 g/mol. The number of halogens is 3. The zero-order valence-corrected chi connectivity index (χ0v) is 11.6. The maximum atomic E-state index is 13.0. The van der Waals surface area contributed by atoms with E-state index in [0.29, 0.717) is 13.1 Å². The Labute approximate surface area is 112 Å². The van der Waals surface area contributed by atoms with Crippen molar-refractivity contribution in [3.63, 3.8) is 0 Å². The maximum absolute atomic E-state index is 13.0. The molecule has 2 nitrogen and oxygen atoms in total. The molecule has 1 aliphatic heterocycles.